The second kappa shape index (κ2) is 6.96. The summed E-state index contributed by atoms with van der Waals surface area (Å²) in [6.07, 6.45) is 8.08. The third-order valence-electron chi connectivity index (χ3n) is 2.35. The fraction of sp³-hybridized carbons (Fsp3) is 0.308. The molecule has 0 saturated carbocycles. The predicted octanol–water partition coefficient (Wildman–Crippen LogP) is 2.99. The number of pyridine rings is 1. The summed E-state index contributed by atoms with van der Waals surface area (Å²) in [5.41, 5.74) is 1.20. The monoisotopic (exact) mass is 260 g/mol. The Bertz CT molecular complexity index is 475. The summed E-state index contributed by atoms with van der Waals surface area (Å²) in [6.45, 7) is 3.09. The van der Waals surface area contributed by atoms with Crippen molar-refractivity contribution >= 4 is 17.6 Å². The van der Waals surface area contributed by atoms with E-state index < -0.39 is 0 Å². The van der Waals surface area contributed by atoms with Gasteiger partial charge in [0.25, 0.3) is 0 Å². The molecule has 0 spiro atoms. The number of rotatable bonds is 6. The molecule has 2 aromatic heterocycles. The minimum absolute atomic E-state index is 0.846. The van der Waals surface area contributed by atoms with Gasteiger partial charge in [0.15, 0.2) is 0 Å². The Morgan fingerprint density at radius 2 is 2.17 bits per heavy atom. The Kier molecular flexibility index (Phi) is 4.96. The Labute approximate surface area is 111 Å². The van der Waals surface area contributed by atoms with Crippen LogP contribution in [0.2, 0.25) is 0 Å². The number of nitrogens with one attached hydrogen (secondary N) is 1. The van der Waals surface area contributed by atoms with Crippen LogP contribution in [0.25, 0.3) is 0 Å². The lowest BCUT2D eigenvalue weighted by molar-refractivity contribution is 0.964. The van der Waals surface area contributed by atoms with Crippen LogP contribution in [-0.4, -0.2) is 21.5 Å². The summed E-state index contributed by atoms with van der Waals surface area (Å²) in [5.74, 6) is 1.81. The van der Waals surface area contributed by atoms with Crippen LogP contribution in [0.3, 0.4) is 0 Å². The lowest BCUT2D eigenvalue weighted by atomic mass is 10.3. The van der Waals surface area contributed by atoms with E-state index in [1.54, 1.807) is 30.4 Å². The van der Waals surface area contributed by atoms with E-state index >= 15 is 0 Å². The molecule has 2 aromatic rings. The molecular formula is C13H16N4S. The van der Waals surface area contributed by atoms with Crippen molar-refractivity contribution in [3.8, 4) is 0 Å². The zero-order valence-corrected chi connectivity index (χ0v) is 11.2. The molecule has 0 aliphatic rings. The van der Waals surface area contributed by atoms with Gasteiger partial charge in [-0.3, -0.25) is 4.98 Å². The van der Waals surface area contributed by atoms with E-state index in [0.717, 1.165) is 29.6 Å². The summed E-state index contributed by atoms with van der Waals surface area (Å²) in [6, 6.07) is 4.05. The highest BCUT2D eigenvalue weighted by molar-refractivity contribution is 7.98. The van der Waals surface area contributed by atoms with Crippen molar-refractivity contribution in [2.24, 2.45) is 0 Å². The Hall–Kier alpha value is -1.62. The van der Waals surface area contributed by atoms with Gasteiger partial charge in [0.05, 0.1) is 6.20 Å². The molecule has 2 heterocycles. The highest BCUT2D eigenvalue weighted by Gasteiger charge is 2.04. The maximum Gasteiger partial charge on any atom is 0.129 e. The fourth-order valence-corrected chi connectivity index (χ4v) is 2.28. The van der Waals surface area contributed by atoms with Gasteiger partial charge in [-0.15, -0.1) is 0 Å². The van der Waals surface area contributed by atoms with E-state index in [0.29, 0.717) is 0 Å². The first-order chi connectivity index (χ1) is 8.90. The van der Waals surface area contributed by atoms with E-state index in [1.807, 2.05) is 12.3 Å². The molecule has 0 bridgehead atoms. The van der Waals surface area contributed by atoms with Crippen molar-refractivity contribution in [3.05, 3.63) is 42.5 Å². The minimum atomic E-state index is 0.846. The quantitative estimate of drug-likeness (QED) is 0.809. The number of hydrogen-bond acceptors (Lipinski definition) is 5. The second-order valence-corrected chi connectivity index (χ2v) is 4.77. The smallest absolute Gasteiger partial charge is 0.129 e. The molecule has 94 valence electrons. The lowest BCUT2D eigenvalue weighted by Gasteiger charge is -2.09. The molecule has 0 aliphatic heterocycles. The summed E-state index contributed by atoms with van der Waals surface area (Å²) >= 11 is 1.67. The average Bonchev–Trinajstić information content (AvgIpc) is 2.45. The van der Waals surface area contributed by atoms with Gasteiger partial charge in [0, 0.05) is 36.5 Å². The molecule has 0 saturated heterocycles. The van der Waals surface area contributed by atoms with Gasteiger partial charge >= 0.3 is 0 Å². The maximum atomic E-state index is 4.37. The van der Waals surface area contributed by atoms with E-state index in [-0.39, 0.29) is 0 Å². The molecule has 0 aromatic carbocycles. The van der Waals surface area contributed by atoms with Gasteiger partial charge in [0.2, 0.25) is 0 Å². The van der Waals surface area contributed by atoms with Gasteiger partial charge in [0.1, 0.15) is 10.8 Å². The molecule has 5 heteroatoms. The second-order valence-electron chi connectivity index (χ2n) is 3.77. The van der Waals surface area contributed by atoms with Crippen molar-refractivity contribution in [2.45, 2.75) is 24.1 Å². The van der Waals surface area contributed by atoms with Crippen molar-refractivity contribution in [2.75, 3.05) is 11.9 Å². The van der Waals surface area contributed by atoms with Crippen molar-refractivity contribution < 1.29 is 0 Å². The third kappa shape index (κ3) is 3.70. The van der Waals surface area contributed by atoms with E-state index in [2.05, 4.69) is 33.3 Å². The van der Waals surface area contributed by atoms with Crippen LogP contribution in [0.5, 0.6) is 0 Å². The van der Waals surface area contributed by atoms with Crippen molar-refractivity contribution in [1.29, 1.82) is 0 Å². The standard InChI is InChI=1S/C13H16N4S/c1-2-5-16-13-11(4-3-6-17-13)10-18-12-9-14-7-8-15-12/h3-4,6-9H,2,5,10H2,1H3,(H,16,17). The summed E-state index contributed by atoms with van der Waals surface area (Å²) < 4.78 is 0. The SMILES string of the molecule is CCCNc1ncccc1CSc1cnccn1. The molecule has 1 N–H and O–H groups in total. The molecule has 18 heavy (non-hydrogen) atoms. The Balaban J connectivity index is 2.00. The van der Waals surface area contributed by atoms with Crippen LogP contribution in [0.15, 0.2) is 41.9 Å². The number of anilines is 1. The zero-order valence-electron chi connectivity index (χ0n) is 10.3. The first-order valence-corrected chi connectivity index (χ1v) is 6.95. The summed E-state index contributed by atoms with van der Waals surface area (Å²) in [5, 5.41) is 4.27. The molecule has 0 fully saturated rings. The molecule has 0 unspecified atom stereocenters. The Morgan fingerprint density at radius 3 is 2.94 bits per heavy atom. The third-order valence-corrected chi connectivity index (χ3v) is 3.31. The number of nitrogens with zero attached hydrogens (tertiary/aromatic N) is 3. The molecule has 0 atom stereocenters. The molecule has 0 radical (unpaired) electrons. The lowest BCUT2D eigenvalue weighted by Crippen LogP contribution is -2.04. The molecule has 0 aliphatic carbocycles. The van der Waals surface area contributed by atoms with Crippen molar-refractivity contribution in [3.63, 3.8) is 0 Å². The molecule has 0 amide bonds. The molecule has 4 nitrogen and oxygen atoms in total. The van der Waals surface area contributed by atoms with Crippen LogP contribution in [0, 0.1) is 0 Å². The maximum absolute atomic E-state index is 4.37. The number of aromatic nitrogens is 3. The number of hydrogen-bond donors (Lipinski definition) is 1. The largest absolute Gasteiger partial charge is 0.370 e. The van der Waals surface area contributed by atoms with Gasteiger partial charge in [-0.25, -0.2) is 9.97 Å². The van der Waals surface area contributed by atoms with Crippen LogP contribution in [0.4, 0.5) is 5.82 Å². The normalized spacial score (nSPS) is 10.3. The van der Waals surface area contributed by atoms with E-state index in [4.69, 9.17) is 0 Å². The van der Waals surface area contributed by atoms with Gasteiger partial charge in [-0.05, 0) is 12.5 Å². The molecular weight excluding hydrogens is 244 g/mol. The van der Waals surface area contributed by atoms with Crippen LogP contribution < -0.4 is 5.32 Å². The first-order valence-electron chi connectivity index (χ1n) is 5.96. The fourth-order valence-electron chi connectivity index (χ4n) is 1.47. The minimum Gasteiger partial charge on any atom is -0.370 e. The van der Waals surface area contributed by atoms with Crippen LogP contribution in [-0.2, 0) is 5.75 Å². The van der Waals surface area contributed by atoms with Crippen LogP contribution >= 0.6 is 11.8 Å². The topological polar surface area (TPSA) is 50.7 Å². The van der Waals surface area contributed by atoms with E-state index in [9.17, 15) is 0 Å². The highest BCUT2D eigenvalue weighted by Crippen LogP contribution is 2.23. The van der Waals surface area contributed by atoms with Gasteiger partial charge in [-0.1, -0.05) is 24.8 Å². The van der Waals surface area contributed by atoms with Crippen molar-refractivity contribution in [1.82, 2.24) is 15.0 Å². The zero-order chi connectivity index (χ0) is 12.6. The number of thioether (sulfide) groups is 1. The summed E-state index contributed by atoms with van der Waals surface area (Å²) in [4.78, 5) is 12.7. The Morgan fingerprint density at radius 1 is 1.22 bits per heavy atom. The van der Waals surface area contributed by atoms with Gasteiger partial charge in [-0.2, -0.15) is 0 Å². The summed E-state index contributed by atoms with van der Waals surface area (Å²) in [7, 11) is 0. The van der Waals surface area contributed by atoms with Crippen LogP contribution in [0.1, 0.15) is 18.9 Å². The highest BCUT2D eigenvalue weighted by atomic mass is 32.2. The predicted molar refractivity (Wildman–Crippen MR) is 74.6 cm³/mol. The average molecular weight is 260 g/mol. The van der Waals surface area contributed by atoms with Gasteiger partial charge < -0.3 is 5.32 Å². The molecule has 2 rings (SSSR count). The van der Waals surface area contributed by atoms with E-state index in [1.165, 1.54) is 5.56 Å². The first kappa shape index (κ1) is 12.8.